The zero-order valence-corrected chi connectivity index (χ0v) is 11.8. The molecule has 1 heteroatoms. The summed E-state index contributed by atoms with van der Waals surface area (Å²) in [6.45, 7) is 4.75. The van der Waals surface area contributed by atoms with E-state index >= 15 is 0 Å². The Morgan fingerprint density at radius 1 is 1.09 bits per heavy atom. The third kappa shape index (κ3) is 6.01. The zero-order chi connectivity index (χ0) is 8.91. The van der Waals surface area contributed by atoms with E-state index in [0.717, 1.165) is 3.93 Å². The summed E-state index contributed by atoms with van der Waals surface area (Å²) >= 11 is -1.49. The monoisotopic (exact) mass is 264 g/mol. The fourth-order valence-electron chi connectivity index (χ4n) is 1.13. The maximum atomic E-state index is 2.55. The molecule has 0 aromatic carbocycles. The summed E-state index contributed by atoms with van der Waals surface area (Å²) in [6.07, 6.45) is 5.76. The predicted molar refractivity (Wildman–Crippen MR) is 56.9 cm³/mol. The molecule has 0 radical (unpaired) electrons. The van der Waals surface area contributed by atoms with Crippen molar-refractivity contribution in [1.29, 1.82) is 0 Å². The van der Waals surface area contributed by atoms with E-state index in [2.05, 4.69) is 28.7 Å². The van der Waals surface area contributed by atoms with Crippen LogP contribution in [-0.4, -0.2) is 18.4 Å². The molecule has 0 aromatic heterocycles. The Balaban J connectivity index is 3.44. The van der Waals surface area contributed by atoms with Gasteiger partial charge in [-0.05, 0) is 0 Å². The van der Waals surface area contributed by atoms with Crippen molar-refractivity contribution >= 4 is 18.4 Å². The van der Waals surface area contributed by atoms with Crippen LogP contribution >= 0.6 is 0 Å². The molecule has 0 aliphatic heterocycles. The fraction of sp³-hybridized carbons (Fsp3) is 1.00. The normalized spacial score (nSPS) is 15.0. The summed E-state index contributed by atoms with van der Waals surface area (Å²) in [4.78, 5) is 7.64. The van der Waals surface area contributed by atoms with Gasteiger partial charge in [-0.2, -0.15) is 0 Å². The maximum absolute atomic E-state index is 2.55. The average molecular weight is 263 g/mol. The molecule has 0 nitrogen and oxygen atoms in total. The van der Waals surface area contributed by atoms with E-state index in [1.807, 2.05) is 0 Å². The summed E-state index contributed by atoms with van der Waals surface area (Å²) in [5, 5.41) is 0. The Bertz CT molecular complexity index is 91.5. The summed E-state index contributed by atoms with van der Waals surface area (Å²) in [7, 11) is 0. The SMILES string of the molecule is CCCCC[CH](C)[Sn]([CH3])([CH3])[CH3]. The first-order chi connectivity index (χ1) is 4.98. The van der Waals surface area contributed by atoms with Crippen LogP contribution in [0.1, 0.15) is 39.5 Å². The number of rotatable bonds is 5. The molecule has 1 atom stereocenters. The van der Waals surface area contributed by atoms with Gasteiger partial charge in [0.15, 0.2) is 0 Å². The molecule has 0 bridgehead atoms. The standard InChI is InChI=1S/C7H15.3CH3.Sn/c1-3-5-7-6-4-2;;;;/h3H,4-7H2,1-2H3;3*1H3;. The van der Waals surface area contributed by atoms with Crippen LogP contribution < -0.4 is 0 Å². The second kappa shape index (κ2) is 5.45. The van der Waals surface area contributed by atoms with Gasteiger partial charge >= 0.3 is 76.7 Å². The number of unbranched alkanes of at least 4 members (excludes halogenated alkanes) is 2. The van der Waals surface area contributed by atoms with Crippen LogP contribution in [0.25, 0.3) is 0 Å². The Morgan fingerprint density at radius 3 is 2.00 bits per heavy atom. The van der Waals surface area contributed by atoms with E-state index in [1.54, 1.807) is 0 Å². The number of hydrogen-bond acceptors (Lipinski definition) is 0. The van der Waals surface area contributed by atoms with Gasteiger partial charge in [-0.3, -0.25) is 0 Å². The van der Waals surface area contributed by atoms with E-state index < -0.39 is 18.4 Å². The topological polar surface area (TPSA) is 0 Å². The molecule has 0 N–H and O–H groups in total. The van der Waals surface area contributed by atoms with Crippen molar-refractivity contribution in [1.82, 2.24) is 0 Å². The van der Waals surface area contributed by atoms with E-state index in [9.17, 15) is 0 Å². The molecule has 0 amide bonds. The molecular formula is C10H24Sn. The van der Waals surface area contributed by atoms with Crippen LogP contribution in [0.3, 0.4) is 0 Å². The molecule has 0 heterocycles. The van der Waals surface area contributed by atoms with Crippen molar-refractivity contribution in [3.05, 3.63) is 0 Å². The van der Waals surface area contributed by atoms with Gasteiger partial charge in [0.25, 0.3) is 0 Å². The molecule has 1 unspecified atom stereocenters. The van der Waals surface area contributed by atoms with Crippen molar-refractivity contribution in [2.45, 2.75) is 58.3 Å². The Morgan fingerprint density at radius 2 is 1.64 bits per heavy atom. The molecule has 0 rings (SSSR count). The second-order valence-electron chi connectivity index (χ2n) is 4.76. The second-order valence-corrected chi connectivity index (χ2v) is 21.1. The molecule has 0 aromatic rings. The van der Waals surface area contributed by atoms with Gasteiger partial charge in [0.1, 0.15) is 0 Å². The summed E-state index contributed by atoms with van der Waals surface area (Å²) in [6, 6.07) is 0. The first-order valence-electron chi connectivity index (χ1n) is 4.98. The van der Waals surface area contributed by atoms with Crippen LogP contribution in [-0.2, 0) is 0 Å². The van der Waals surface area contributed by atoms with Crippen molar-refractivity contribution in [2.75, 3.05) is 0 Å². The Labute approximate surface area is 76.6 Å². The van der Waals surface area contributed by atoms with Crippen LogP contribution in [0.4, 0.5) is 0 Å². The van der Waals surface area contributed by atoms with Gasteiger partial charge in [0.05, 0.1) is 0 Å². The average Bonchev–Trinajstić information content (AvgIpc) is 1.86. The molecule has 0 aliphatic rings. The minimum absolute atomic E-state index is 1.08. The molecule has 0 aliphatic carbocycles. The first kappa shape index (κ1) is 11.8. The van der Waals surface area contributed by atoms with E-state index in [-0.39, 0.29) is 0 Å². The van der Waals surface area contributed by atoms with Gasteiger partial charge in [0, 0.05) is 0 Å². The van der Waals surface area contributed by atoms with Crippen LogP contribution in [0.2, 0.25) is 18.8 Å². The first-order valence-corrected chi connectivity index (χ1v) is 15.2. The van der Waals surface area contributed by atoms with Gasteiger partial charge in [-0.15, -0.1) is 0 Å². The van der Waals surface area contributed by atoms with Crippen molar-refractivity contribution < 1.29 is 0 Å². The van der Waals surface area contributed by atoms with Crippen LogP contribution in [0, 0.1) is 0 Å². The third-order valence-electron chi connectivity index (χ3n) is 2.72. The Hall–Kier alpha value is 0.799. The van der Waals surface area contributed by atoms with E-state index in [4.69, 9.17) is 0 Å². The predicted octanol–water partition coefficient (Wildman–Crippen LogP) is 4.30. The van der Waals surface area contributed by atoms with E-state index in [1.165, 1.54) is 25.7 Å². The quantitative estimate of drug-likeness (QED) is 0.512. The van der Waals surface area contributed by atoms with Crippen LogP contribution in [0.15, 0.2) is 0 Å². The van der Waals surface area contributed by atoms with Gasteiger partial charge in [-0.1, -0.05) is 0 Å². The summed E-state index contributed by atoms with van der Waals surface area (Å²) < 4.78 is 1.08. The zero-order valence-electron chi connectivity index (χ0n) is 8.91. The van der Waals surface area contributed by atoms with Gasteiger partial charge in [0.2, 0.25) is 0 Å². The molecule has 0 saturated carbocycles. The molecular weight excluding hydrogens is 239 g/mol. The molecule has 68 valence electrons. The van der Waals surface area contributed by atoms with Crippen LogP contribution in [0.5, 0.6) is 0 Å². The molecule has 0 fully saturated rings. The number of hydrogen-bond donors (Lipinski definition) is 0. The van der Waals surface area contributed by atoms with Gasteiger partial charge < -0.3 is 0 Å². The van der Waals surface area contributed by atoms with E-state index in [0.29, 0.717) is 0 Å². The summed E-state index contributed by atoms with van der Waals surface area (Å²) in [5.41, 5.74) is 0. The fourth-order valence-corrected chi connectivity index (χ4v) is 4.19. The van der Waals surface area contributed by atoms with Gasteiger partial charge in [-0.25, -0.2) is 0 Å². The summed E-state index contributed by atoms with van der Waals surface area (Å²) in [5.74, 6) is 0. The van der Waals surface area contributed by atoms with Crippen molar-refractivity contribution in [3.8, 4) is 0 Å². The molecule has 0 spiro atoms. The molecule has 11 heavy (non-hydrogen) atoms. The Kier molecular flexibility index (Phi) is 5.84. The van der Waals surface area contributed by atoms with Crippen molar-refractivity contribution in [2.24, 2.45) is 0 Å². The molecule has 0 saturated heterocycles. The minimum atomic E-state index is -1.49. The van der Waals surface area contributed by atoms with Crippen molar-refractivity contribution in [3.63, 3.8) is 0 Å². The third-order valence-corrected chi connectivity index (χ3v) is 12.0.